The van der Waals surface area contributed by atoms with Gasteiger partial charge in [0.25, 0.3) is 0 Å². The third-order valence-electron chi connectivity index (χ3n) is 6.16. The average Bonchev–Trinajstić information content (AvgIpc) is 3.13. The molecule has 0 unspecified atom stereocenters. The Labute approximate surface area is 239 Å². The predicted molar refractivity (Wildman–Crippen MR) is 153 cm³/mol. The molecule has 3 N–H and O–H groups in total. The number of amidine groups is 1. The number of carbonyl (C=O) groups is 1. The molecule has 0 radical (unpaired) electrons. The van der Waals surface area contributed by atoms with Crippen molar-refractivity contribution in [1.82, 2.24) is 14.9 Å². The molecule has 4 aromatic rings. The topological polar surface area (TPSA) is 85.3 Å². The Bertz CT molecular complexity index is 1610. The fraction of sp³-hybridized carbons (Fsp3) is 0.250. The van der Waals surface area contributed by atoms with Crippen molar-refractivity contribution in [3.05, 3.63) is 91.7 Å². The first-order chi connectivity index (χ1) is 18.2. The molecule has 1 aromatic heterocycles. The Morgan fingerprint density at radius 3 is 2.49 bits per heavy atom. The number of nitrogens with zero attached hydrogens (tertiary/aromatic N) is 3. The van der Waals surface area contributed by atoms with E-state index in [1.807, 2.05) is 20.8 Å². The summed E-state index contributed by atoms with van der Waals surface area (Å²) in [6.45, 7) is 5.72. The van der Waals surface area contributed by atoms with Crippen LogP contribution < -0.4 is 11.1 Å². The first-order valence-electron chi connectivity index (χ1n) is 11.9. The summed E-state index contributed by atoms with van der Waals surface area (Å²) in [5.74, 6) is -0.884. The Hall–Kier alpha value is -3.20. The number of carbonyl (C=O) groups excluding carboxylic acids is 1. The smallest absolute Gasteiger partial charge is 0.225 e. The summed E-state index contributed by atoms with van der Waals surface area (Å²) in [5.41, 5.74) is 8.03. The van der Waals surface area contributed by atoms with E-state index in [0.29, 0.717) is 38.0 Å². The lowest BCUT2D eigenvalue weighted by Gasteiger charge is -2.18. The molecule has 3 aromatic carbocycles. The second kappa shape index (κ2) is 11.1. The fourth-order valence-corrected chi connectivity index (χ4v) is 4.75. The van der Waals surface area contributed by atoms with Gasteiger partial charge in [0.2, 0.25) is 5.91 Å². The largest absolute Gasteiger partial charge is 0.383 e. The van der Waals surface area contributed by atoms with E-state index in [9.17, 15) is 9.18 Å². The number of halogens is 5. The van der Waals surface area contributed by atoms with E-state index in [4.69, 9.17) is 40.5 Å². The maximum atomic E-state index is 15.1. The van der Waals surface area contributed by atoms with Crippen LogP contribution in [0.3, 0.4) is 0 Å². The summed E-state index contributed by atoms with van der Waals surface area (Å²) in [6, 6.07) is 9.97. The summed E-state index contributed by atoms with van der Waals surface area (Å²) < 4.78 is 30.5. The third-order valence-corrected chi connectivity index (χ3v) is 7.20. The summed E-state index contributed by atoms with van der Waals surface area (Å²) in [7, 11) is 1.76. The number of hydrogen-bond acceptors (Lipinski definition) is 3. The fourth-order valence-electron chi connectivity index (χ4n) is 3.96. The Kier molecular flexibility index (Phi) is 8.21. The Morgan fingerprint density at radius 1 is 1.10 bits per heavy atom. The number of imidazole rings is 1. The normalized spacial score (nSPS) is 12.3. The SMILES string of the molecule is Cn1c(Cc2c(Cl)ccc(CNC(=O)C(C)(C)C)c2Cl)nc2cc(C(N)=Nc3cc(F)cc(Cl)c3)c(F)cc21. The molecule has 0 aliphatic heterocycles. The van der Waals surface area contributed by atoms with Crippen molar-refractivity contribution >= 4 is 63.3 Å². The van der Waals surface area contributed by atoms with Crippen molar-refractivity contribution in [1.29, 1.82) is 0 Å². The van der Waals surface area contributed by atoms with Crippen LogP contribution in [-0.2, 0) is 24.8 Å². The molecule has 4 rings (SSSR count). The highest BCUT2D eigenvalue weighted by molar-refractivity contribution is 6.36. The number of rotatable bonds is 6. The second-order valence-corrected chi connectivity index (χ2v) is 11.4. The van der Waals surface area contributed by atoms with Crippen LogP contribution in [0, 0.1) is 17.0 Å². The first kappa shape index (κ1) is 28.8. The standard InChI is InChI=1S/C28H26Cl3F2N5O/c1-28(2,3)27(39)35-13-14-5-6-20(30)18(25(14)31)11-24-37-22-10-19(21(33)12-23(22)38(24)4)26(34)36-17-8-15(29)7-16(32)9-17/h5-10,12H,11,13H2,1-4H3,(H2,34,36)(H,35,39). The zero-order chi connectivity index (χ0) is 28.6. The lowest BCUT2D eigenvalue weighted by Crippen LogP contribution is -2.34. The van der Waals surface area contributed by atoms with Crippen LogP contribution in [0.15, 0.2) is 47.5 Å². The molecule has 0 aliphatic rings. The second-order valence-electron chi connectivity index (χ2n) is 10.1. The number of nitrogens with one attached hydrogen (secondary N) is 1. The first-order valence-corrected chi connectivity index (χ1v) is 13.1. The molecule has 0 bridgehead atoms. The number of hydrogen-bond donors (Lipinski definition) is 2. The van der Waals surface area contributed by atoms with E-state index >= 15 is 4.39 Å². The van der Waals surface area contributed by atoms with Gasteiger partial charge in [-0.1, -0.05) is 61.6 Å². The summed E-state index contributed by atoms with van der Waals surface area (Å²) in [4.78, 5) is 21.1. The van der Waals surface area contributed by atoms with Crippen molar-refractivity contribution < 1.29 is 13.6 Å². The molecular weight excluding hydrogens is 567 g/mol. The highest BCUT2D eigenvalue weighted by Gasteiger charge is 2.22. The van der Waals surface area contributed by atoms with E-state index in [2.05, 4.69) is 15.3 Å². The van der Waals surface area contributed by atoms with Gasteiger partial charge >= 0.3 is 0 Å². The van der Waals surface area contributed by atoms with Crippen molar-refractivity contribution in [2.24, 2.45) is 23.2 Å². The monoisotopic (exact) mass is 591 g/mol. The molecule has 1 heterocycles. The lowest BCUT2D eigenvalue weighted by atomic mass is 9.95. The minimum absolute atomic E-state index is 0.0141. The molecule has 0 saturated heterocycles. The summed E-state index contributed by atoms with van der Waals surface area (Å²) in [6.07, 6.45) is 0.256. The number of benzene rings is 3. The highest BCUT2D eigenvalue weighted by Crippen LogP contribution is 2.32. The van der Waals surface area contributed by atoms with Gasteiger partial charge in [-0.3, -0.25) is 4.79 Å². The van der Waals surface area contributed by atoms with E-state index in [0.717, 1.165) is 12.1 Å². The van der Waals surface area contributed by atoms with Gasteiger partial charge < -0.3 is 15.6 Å². The molecule has 1 amide bonds. The van der Waals surface area contributed by atoms with Crippen molar-refractivity contribution in [2.75, 3.05) is 0 Å². The van der Waals surface area contributed by atoms with Gasteiger partial charge in [0, 0.05) is 41.5 Å². The van der Waals surface area contributed by atoms with E-state index < -0.39 is 17.0 Å². The van der Waals surface area contributed by atoms with Crippen molar-refractivity contribution in [3.8, 4) is 0 Å². The van der Waals surface area contributed by atoms with Gasteiger partial charge in [-0.25, -0.2) is 18.8 Å². The zero-order valence-electron chi connectivity index (χ0n) is 21.7. The van der Waals surface area contributed by atoms with Crippen LogP contribution in [-0.4, -0.2) is 21.3 Å². The Morgan fingerprint density at radius 2 is 1.82 bits per heavy atom. The molecule has 0 saturated carbocycles. The summed E-state index contributed by atoms with van der Waals surface area (Å²) >= 11 is 19.1. The number of nitrogens with two attached hydrogens (primary N) is 1. The number of fused-ring (bicyclic) bond motifs is 1. The van der Waals surface area contributed by atoms with Crippen LogP contribution in [0.2, 0.25) is 15.1 Å². The zero-order valence-corrected chi connectivity index (χ0v) is 23.9. The average molecular weight is 593 g/mol. The number of aliphatic imine (C=N–C) groups is 1. The molecule has 6 nitrogen and oxygen atoms in total. The van der Waals surface area contributed by atoms with Crippen LogP contribution in [0.5, 0.6) is 0 Å². The lowest BCUT2D eigenvalue weighted by molar-refractivity contribution is -0.128. The van der Waals surface area contributed by atoms with Crippen molar-refractivity contribution in [3.63, 3.8) is 0 Å². The minimum Gasteiger partial charge on any atom is -0.383 e. The summed E-state index contributed by atoms with van der Waals surface area (Å²) in [5, 5.41) is 3.89. The van der Waals surface area contributed by atoms with E-state index in [-0.39, 0.29) is 41.0 Å². The minimum atomic E-state index is -0.617. The molecule has 0 fully saturated rings. The van der Waals surface area contributed by atoms with E-state index in [1.165, 1.54) is 18.2 Å². The van der Waals surface area contributed by atoms with Crippen LogP contribution in [0.1, 0.15) is 43.3 Å². The molecule has 0 atom stereocenters. The van der Waals surface area contributed by atoms with Gasteiger partial charge in [0.05, 0.1) is 27.3 Å². The quantitative estimate of drug-likeness (QED) is 0.185. The maximum absolute atomic E-state index is 15.1. The van der Waals surface area contributed by atoms with Gasteiger partial charge in [-0.15, -0.1) is 0 Å². The number of aryl methyl sites for hydroxylation is 1. The van der Waals surface area contributed by atoms with Crippen LogP contribution >= 0.6 is 34.8 Å². The van der Waals surface area contributed by atoms with Gasteiger partial charge in [-0.05, 0) is 41.5 Å². The molecule has 0 spiro atoms. The van der Waals surface area contributed by atoms with Crippen LogP contribution in [0.25, 0.3) is 11.0 Å². The Balaban J connectivity index is 1.66. The molecular formula is C28H26Cl3F2N5O. The number of amides is 1. The maximum Gasteiger partial charge on any atom is 0.225 e. The van der Waals surface area contributed by atoms with Gasteiger partial charge in [-0.2, -0.15) is 0 Å². The molecule has 204 valence electrons. The number of aromatic nitrogens is 2. The van der Waals surface area contributed by atoms with Crippen LogP contribution in [0.4, 0.5) is 14.5 Å². The van der Waals surface area contributed by atoms with Crippen molar-refractivity contribution in [2.45, 2.75) is 33.7 Å². The highest BCUT2D eigenvalue weighted by atomic mass is 35.5. The third kappa shape index (κ3) is 6.35. The predicted octanol–water partition coefficient (Wildman–Crippen LogP) is 7.10. The van der Waals surface area contributed by atoms with E-state index in [1.54, 1.807) is 23.7 Å². The molecule has 39 heavy (non-hydrogen) atoms. The molecule has 0 aliphatic carbocycles. The van der Waals surface area contributed by atoms with Gasteiger partial charge in [0.1, 0.15) is 23.3 Å². The van der Waals surface area contributed by atoms with Gasteiger partial charge in [0.15, 0.2) is 0 Å². The molecule has 11 heteroatoms.